The van der Waals surface area contributed by atoms with Gasteiger partial charge >= 0.3 is 11.9 Å². The predicted octanol–water partition coefficient (Wildman–Crippen LogP) is 2.64. The van der Waals surface area contributed by atoms with E-state index < -0.39 is 35.9 Å². The van der Waals surface area contributed by atoms with E-state index in [4.69, 9.17) is 4.74 Å². The monoisotopic (exact) mass is 531 g/mol. The topological polar surface area (TPSA) is 152 Å². The number of nitrogens with zero attached hydrogens (tertiary/aromatic N) is 4. The lowest BCUT2D eigenvalue weighted by Gasteiger charge is -2.27. The zero-order chi connectivity index (χ0) is 27.1. The van der Waals surface area contributed by atoms with Crippen molar-refractivity contribution in [2.75, 3.05) is 7.05 Å². The van der Waals surface area contributed by atoms with E-state index in [0.29, 0.717) is 17.3 Å². The maximum absolute atomic E-state index is 13.0. The van der Waals surface area contributed by atoms with Crippen LogP contribution in [-0.2, 0) is 25.5 Å². The normalized spacial score (nSPS) is 16.2. The third-order valence-electron chi connectivity index (χ3n) is 6.27. The molecule has 2 amide bonds. The highest BCUT2D eigenvalue weighted by Crippen LogP contribution is 2.33. The zero-order valence-electron chi connectivity index (χ0n) is 21.4. The highest BCUT2D eigenvalue weighted by Gasteiger charge is 2.35. The van der Waals surface area contributed by atoms with E-state index in [2.05, 4.69) is 20.3 Å². The van der Waals surface area contributed by atoms with Crippen LogP contribution in [-0.4, -0.2) is 67.8 Å². The summed E-state index contributed by atoms with van der Waals surface area (Å²) in [7, 11) is 1.74. The van der Waals surface area contributed by atoms with Crippen LogP contribution in [0.1, 0.15) is 73.9 Å². The van der Waals surface area contributed by atoms with E-state index in [9.17, 15) is 24.3 Å². The average molecular weight is 532 g/mol. The Kier molecular flexibility index (Phi) is 9.67. The zero-order valence-corrected chi connectivity index (χ0v) is 22.2. The molecule has 1 aliphatic carbocycles. The minimum atomic E-state index is -0.965. The quantitative estimate of drug-likeness (QED) is 0.372. The van der Waals surface area contributed by atoms with Crippen molar-refractivity contribution in [3.63, 3.8) is 0 Å². The molecule has 3 rings (SSSR count). The summed E-state index contributed by atoms with van der Waals surface area (Å²) in [5, 5.41) is 14.2. The molecular formula is C25H33N5O6S. The van der Waals surface area contributed by atoms with Gasteiger partial charge in [0.1, 0.15) is 16.5 Å². The molecule has 200 valence electrons. The number of carbonyl (C=O) groups excluding carboxylic acids is 3. The van der Waals surface area contributed by atoms with Gasteiger partial charge in [-0.05, 0) is 32.3 Å². The van der Waals surface area contributed by atoms with E-state index in [-0.39, 0.29) is 36.4 Å². The number of aliphatic carboxylic acids is 1. The fourth-order valence-corrected chi connectivity index (χ4v) is 4.72. The molecule has 12 heteroatoms. The molecule has 0 bridgehead atoms. The van der Waals surface area contributed by atoms with Gasteiger partial charge in [0, 0.05) is 62.6 Å². The number of hydrogen-bond donors (Lipinski definition) is 2. The number of amides is 2. The van der Waals surface area contributed by atoms with Crippen molar-refractivity contribution in [3.8, 4) is 0 Å². The van der Waals surface area contributed by atoms with Crippen LogP contribution in [0.2, 0.25) is 0 Å². The molecule has 37 heavy (non-hydrogen) atoms. The molecule has 0 saturated heterocycles. The van der Waals surface area contributed by atoms with Crippen molar-refractivity contribution in [2.24, 2.45) is 11.8 Å². The first-order chi connectivity index (χ1) is 17.5. The highest BCUT2D eigenvalue weighted by atomic mass is 32.1. The number of rotatable bonds is 13. The first kappa shape index (κ1) is 28.2. The average Bonchev–Trinajstić information content (AvgIpc) is 3.58. The Morgan fingerprint density at radius 1 is 1.19 bits per heavy atom. The summed E-state index contributed by atoms with van der Waals surface area (Å²) < 4.78 is 5.50. The second-order valence-corrected chi connectivity index (χ2v) is 10.4. The molecule has 0 radical (unpaired) electrons. The smallest absolute Gasteiger partial charge is 0.306 e. The van der Waals surface area contributed by atoms with Gasteiger partial charge in [-0.3, -0.25) is 19.2 Å². The highest BCUT2D eigenvalue weighted by molar-refractivity contribution is 7.09. The maximum Gasteiger partial charge on any atom is 0.306 e. The first-order valence-corrected chi connectivity index (χ1v) is 13.1. The van der Waals surface area contributed by atoms with Gasteiger partial charge in [-0.25, -0.2) is 15.0 Å². The summed E-state index contributed by atoms with van der Waals surface area (Å²) >= 11 is 1.19. The molecule has 2 N–H and O–H groups in total. The molecule has 2 heterocycles. The second kappa shape index (κ2) is 12.7. The number of thiazole rings is 1. The lowest BCUT2D eigenvalue weighted by atomic mass is 9.99. The van der Waals surface area contributed by atoms with Gasteiger partial charge in [-0.1, -0.05) is 6.92 Å². The van der Waals surface area contributed by atoms with Gasteiger partial charge in [-0.2, -0.15) is 0 Å². The number of carboxylic acids is 1. The summed E-state index contributed by atoms with van der Waals surface area (Å²) in [6, 6.07) is 0.942. The van der Waals surface area contributed by atoms with Crippen LogP contribution in [0.5, 0.6) is 0 Å². The second-order valence-electron chi connectivity index (χ2n) is 9.49. The number of carbonyl (C=O) groups is 4. The Labute approximate surface area is 219 Å². The molecule has 1 saturated carbocycles. The van der Waals surface area contributed by atoms with Crippen LogP contribution in [0.3, 0.4) is 0 Å². The molecule has 0 aliphatic heterocycles. The molecular weight excluding hydrogens is 498 g/mol. The van der Waals surface area contributed by atoms with E-state index in [1.165, 1.54) is 18.3 Å². The number of esters is 1. The van der Waals surface area contributed by atoms with Gasteiger partial charge in [0.05, 0.1) is 5.92 Å². The van der Waals surface area contributed by atoms with Crippen molar-refractivity contribution >= 4 is 35.1 Å². The fraction of sp³-hybridized carbons (Fsp3) is 0.560. The first-order valence-electron chi connectivity index (χ1n) is 12.2. The molecule has 1 aliphatic rings. The van der Waals surface area contributed by atoms with Gasteiger partial charge in [-0.15, -0.1) is 11.3 Å². The lowest BCUT2D eigenvalue weighted by Crippen LogP contribution is -2.39. The van der Waals surface area contributed by atoms with E-state index >= 15 is 0 Å². The third-order valence-corrected chi connectivity index (χ3v) is 7.21. The molecule has 2 aromatic heterocycles. The minimum absolute atomic E-state index is 0.0767. The summed E-state index contributed by atoms with van der Waals surface area (Å²) in [5.74, 6) is -1.97. The number of ether oxygens (including phenoxy) is 1. The van der Waals surface area contributed by atoms with E-state index in [1.54, 1.807) is 42.7 Å². The van der Waals surface area contributed by atoms with Gasteiger partial charge in [0.25, 0.3) is 5.91 Å². The van der Waals surface area contributed by atoms with Crippen molar-refractivity contribution < 1.29 is 29.0 Å². The van der Waals surface area contributed by atoms with Gasteiger partial charge in [0.2, 0.25) is 5.91 Å². The number of carboxylic acid groups (broad SMARTS) is 1. The Morgan fingerprint density at radius 3 is 2.46 bits per heavy atom. The molecule has 4 atom stereocenters. The van der Waals surface area contributed by atoms with Crippen LogP contribution in [0.4, 0.5) is 0 Å². The summed E-state index contributed by atoms with van der Waals surface area (Å²) in [6.07, 6.45) is 5.04. The van der Waals surface area contributed by atoms with Crippen molar-refractivity contribution in [3.05, 3.63) is 40.4 Å². The lowest BCUT2D eigenvalue weighted by molar-refractivity contribution is -0.148. The van der Waals surface area contributed by atoms with Gasteiger partial charge in [0.15, 0.2) is 6.10 Å². The summed E-state index contributed by atoms with van der Waals surface area (Å²) in [4.78, 5) is 63.1. The van der Waals surface area contributed by atoms with Crippen LogP contribution in [0.25, 0.3) is 0 Å². The van der Waals surface area contributed by atoms with Crippen molar-refractivity contribution in [1.29, 1.82) is 0 Å². The standard InChI is InChI=1S/C25H33N5O6S/c1-14(25(34)35)10-18(12-21-26-8-5-9-27-21)28-22(32)19-13-37-23(29-19)20(36-16(3)31)11-15(2)30(4)24(33)17-6-7-17/h5,8-9,13-15,17-18,20H,6-7,10-12H2,1-4H3,(H,28,32)(H,34,35)/t14-,15-,18+,20+/m0/s1. The minimum Gasteiger partial charge on any atom is -0.481 e. The van der Waals surface area contributed by atoms with Crippen LogP contribution >= 0.6 is 11.3 Å². The fourth-order valence-electron chi connectivity index (χ4n) is 3.88. The van der Waals surface area contributed by atoms with Gasteiger partial charge < -0.3 is 20.1 Å². The van der Waals surface area contributed by atoms with Crippen molar-refractivity contribution in [2.45, 2.75) is 71.1 Å². The predicted molar refractivity (Wildman–Crippen MR) is 135 cm³/mol. The largest absolute Gasteiger partial charge is 0.481 e. The van der Waals surface area contributed by atoms with Crippen LogP contribution < -0.4 is 5.32 Å². The molecule has 1 fully saturated rings. The SMILES string of the molecule is CC(=O)O[C@H](C[C@H](C)N(C)C(=O)C1CC1)c1nc(C(=O)N[C@@H](Cc2ncccn2)C[C@H](C)C(=O)O)cs1. The molecule has 2 aromatic rings. The maximum atomic E-state index is 13.0. The van der Waals surface area contributed by atoms with Crippen molar-refractivity contribution in [1.82, 2.24) is 25.2 Å². The molecule has 11 nitrogen and oxygen atoms in total. The Morgan fingerprint density at radius 2 is 1.86 bits per heavy atom. The Balaban J connectivity index is 1.71. The molecule has 0 aromatic carbocycles. The Hall–Kier alpha value is -3.41. The third kappa shape index (κ3) is 8.31. The molecule has 0 spiro atoms. The van der Waals surface area contributed by atoms with E-state index in [1.807, 2.05) is 6.92 Å². The van der Waals surface area contributed by atoms with Crippen LogP contribution in [0.15, 0.2) is 23.8 Å². The molecule has 0 unspecified atom stereocenters. The Bertz CT molecular complexity index is 1110. The number of hydrogen-bond acceptors (Lipinski definition) is 9. The van der Waals surface area contributed by atoms with E-state index in [0.717, 1.165) is 12.8 Å². The summed E-state index contributed by atoms with van der Waals surface area (Å²) in [6.45, 7) is 4.76. The number of aromatic nitrogens is 3. The summed E-state index contributed by atoms with van der Waals surface area (Å²) in [5.41, 5.74) is 0.133. The van der Waals surface area contributed by atoms with Crippen LogP contribution in [0, 0.1) is 11.8 Å². The number of nitrogens with one attached hydrogen (secondary N) is 1.